The van der Waals surface area contributed by atoms with Gasteiger partial charge in [0.1, 0.15) is 5.82 Å². The third kappa shape index (κ3) is 3.40. The minimum absolute atomic E-state index is 0.595. The van der Waals surface area contributed by atoms with Crippen LogP contribution in [0.1, 0.15) is 0 Å². The fourth-order valence-corrected chi connectivity index (χ4v) is 3.62. The van der Waals surface area contributed by atoms with Crippen molar-refractivity contribution in [1.29, 1.82) is 0 Å². The number of nitrogens with zero attached hydrogens (tertiary/aromatic N) is 5. The van der Waals surface area contributed by atoms with Gasteiger partial charge >= 0.3 is 0 Å². The lowest BCUT2D eigenvalue weighted by atomic mass is 10.0. The van der Waals surface area contributed by atoms with E-state index in [9.17, 15) is 0 Å². The Morgan fingerprint density at radius 3 is 2.48 bits per heavy atom. The van der Waals surface area contributed by atoms with Gasteiger partial charge in [0.25, 0.3) is 0 Å². The van der Waals surface area contributed by atoms with Crippen molar-refractivity contribution in [3.05, 3.63) is 61.4 Å². The van der Waals surface area contributed by atoms with Gasteiger partial charge in [0.05, 0.1) is 38.4 Å². The van der Waals surface area contributed by atoms with Crippen molar-refractivity contribution in [2.24, 2.45) is 0 Å². The molecule has 5 rings (SSSR count). The molecule has 7 nitrogen and oxygen atoms in total. The zero-order valence-corrected chi connectivity index (χ0v) is 16.2. The summed E-state index contributed by atoms with van der Waals surface area (Å²) in [7, 11) is 1.62. The van der Waals surface area contributed by atoms with E-state index in [-0.39, 0.29) is 0 Å². The maximum Gasteiger partial charge on any atom is 0.212 e. The molecule has 7 heteroatoms. The summed E-state index contributed by atoms with van der Waals surface area (Å²) in [5.41, 5.74) is 5.23. The fraction of sp³-hybridized carbons (Fsp3) is 0.227. The molecule has 29 heavy (non-hydrogen) atoms. The maximum atomic E-state index is 5.43. The van der Waals surface area contributed by atoms with Gasteiger partial charge in [0, 0.05) is 60.0 Å². The van der Waals surface area contributed by atoms with E-state index < -0.39 is 0 Å². The van der Waals surface area contributed by atoms with Crippen LogP contribution in [0.25, 0.3) is 27.8 Å². The molecule has 1 aliphatic heterocycles. The van der Waals surface area contributed by atoms with E-state index in [1.807, 2.05) is 41.5 Å². The highest BCUT2D eigenvalue weighted by Gasteiger charge is 2.13. The summed E-state index contributed by atoms with van der Waals surface area (Å²) in [4.78, 5) is 15.6. The first kappa shape index (κ1) is 17.6. The predicted molar refractivity (Wildman–Crippen MR) is 111 cm³/mol. The summed E-state index contributed by atoms with van der Waals surface area (Å²) >= 11 is 0. The molecule has 1 saturated heterocycles. The van der Waals surface area contributed by atoms with Gasteiger partial charge in [-0.15, -0.1) is 0 Å². The molecule has 1 fully saturated rings. The second-order valence-electron chi connectivity index (χ2n) is 6.92. The van der Waals surface area contributed by atoms with E-state index in [0.717, 1.165) is 59.9 Å². The lowest BCUT2D eigenvalue weighted by Crippen LogP contribution is -2.36. The lowest BCUT2D eigenvalue weighted by Gasteiger charge is -2.27. The van der Waals surface area contributed by atoms with Crippen molar-refractivity contribution in [2.45, 2.75) is 0 Å². The summed E-state index contributed by atoms with van der Waals surface area (Å²) in [6.07, 6.45) is 9.51. The minimum Gasteiger partial charge on any atom is -0.481 e. The van der Waals surface area contributed by atoms with Crippen molar-refractivity contribution in [3.63, 3.8) is 0 Å². The molecule has 0 unspecified atom stereocenters. The molecule has 4 aromatic heterocycles. The highest BCUT2D eigenvalue weighted by molar-refractivity contribution is 5.84. The fourth-order valence-electron chi connectivity index (χ4n) is 3.62. The second-order valence-corrected chi connectivity index (χ2v) is 6.92. The predicted octanol–water partition coefficient (Wildman–Crippen LogP) is 3.30. The van der Waals surface area contributed by atoms with Crippen LogP contribution >= 0.6 is 0 Å². The summed E-state index contributed by atoms with van der Waals surface area (Å²) in [5.74, 6) is 1.58. The molecular formula is C22H21N5O2. The van der Waals surface area contributed by atoms with Crippen LogP contribution in [0.3, 0.4) is 0 Å². The monoisotopic (exact) mass is 387 g/mol. The van der Waals surface area contributed by atoms with Gasteiger partial charge in [-0.05, 0) is 24.3 Å². The molecule has 0 bridgehead atoms. The summed E-state index contributed by atoms with van der Waals surface area (Å²) in [6, 6.07) is 10.2. The molecule has 146 valence electrons. The van der Waals surface area contributed by atoms with Crippen LogP contribution < -0.4 is 9.64 Å². The van der Waals surface area contributed by atoms with Crippen molar-refractivity contribution in [2.75, 3.05) is 38.3 Å². The number of methoxy groups -OCH3 is 1. The number of fused-ring (bicyclic) bond motifs is 1. The Morgan fingerprint density at radius 2 is 1.76 bits per heavy atom. The first-order chi connectivity index (χ1) is 14.3. The Bertz CT molecular complexity index is 1120. The molecule has 0 atom stereocenters. The van der Waals surface area contributed by atoms with Crippen molar-refractivity contribution in [1.82, 2.24) is 19.4 Å². The van der Waals surface area contributed by atoms with E-state index in [1.54, 1.807) is 7.11 Å². The number of pyridine rings is 3. The first-order valence-electron chi connectivity index (χ1n) is 9.57. The zero-order chi connectivity index (χ0) is 19.6. The number of morpholine rings is 1. The zero-order valence-electron chi connectivity index (χ0n) is 16.2. The van der Waals surface area contributed by atoms with Crippen LogP contribution in [0.2, 0.25) is 0 Å². The van der Waals surface area contributed by atoms with E-state index in [2.05, 4.69) is 44.2 Å². The van der Waals surface area contributed by atoms with E-state index >= 15 is 0 Å². The number of hydrogen-bond acceptors (Lipinski definition) is 6. The molecule has 0 aromatic carbocycles. The van der Waals surface area contributed by atoms with Crippen molar-refractivity contribution < 1.29 is 9.47 Å². The number of aromatic nitrogens is 4. The molecule has 4 aromatic rings. The molecule has 0 aliphatic carbocycles. The number of hydrogen-bond donors (Lipinski definition) is 0. The van der Waals surface area contributed by atoms with Crippen LogP contribution in [-0.4, -0.2) is 52.8 Å². The quantitative estimate of drug-likeness (QED) is 0.535. The Kier molecular flexibility index (Phi) is 4.57. The minimum atomic E-state index is 0.595. The first-order valence-corrected chi connectivity index (χ1v) is 9.57. The van der Waals surface area contributed by atoms with Crippen molar-refractivity contribution in [3.8, 4) is 28.1 Å². The number of rotatable bonds is 4. The van der Waals surface area contributed by atoms with Gasteiger partial charge in [0.2, 0.25) is 5.88 Å². The van der Waals surface area contributed by atoms with Gasteiger partial charge in [-0.25, -0.2) is 15.0 Å². The van der Waals surface area contributed by atoms with Gasteiger partial charge in [-0.2, -0.15) is 0 Å². The summed E-state index contributed by atoms with van der Waals surface area (Å²) < 4.78 is 12.6. The van der Waals surface area contributed by atoms with Crippen LogP contribution in [0.15, 0.2) is 61.4 Å². The molecule has 0 N–H and O–H groups in total. The number of anilines is 1. The molecule has 5 heterocycles. The lowest BCUT2D eigenvalue weighted by molar-refractivity contribution is 0.122. The average molecular weight is 387 g/mol. The van der Waals surface area contributed by atoms with Crippen LogP contribution in [0, 0.1) is 0 Å². The van der Waals surface area contributed by atoms with Crippen LogP contribution in [-0.2, 0) is 4.74 Å². The molecule has 0 amide bonds. The molecule has 0 spiro atoms. The van der Waals surface area contributed by atoms with Crippen LogP contribution in [0.4, 0.5) is 5.82 Å². The normalized spacial score (nSPS) is 14.3. The maximum absolute atomic E-state index is 5.43. The Labute approximate surface area is 168 Å². The highest BCUT2D eigenvalue weighted by atomic mass is 16.5. The third-order valence-corrected chi connectivity index (χ3v) is 5.19. The van der Waals surface area contributed by atoms with Gasteiger partial charge < -0.3 is 18.8 Å². The molecule has 1 aliphatic rings. The Morgan fingerprint density at radius 1 is 0.931 bits per heavy atom. The van der Waals surface area contributed by atoms with E-state index in [4.69, 9.17) is 9.47 Å². The second kappa shape index (κ2) is 7.52. The number of ether oxygens (including phenoxy) is 2. The van der Waals surface area contributed by atoms with Gasteiger partial charge in [-0.1, -0.05) is 0 Å². The Balaban J connectivity index is 1.53. The van der Waals surface area contributed by atoms with Crippen molar-refractivity contribution >= 4 is 11.3 Å². The van der Waals surface area contributed by atoms with Gasteiger partial charge in [-0.3, -0.25) is 0 Å². The topological polar surface area (TPSA) is 64.8 Å². The molecule has 0 saturated carbocycles. The highest BCUT2D eigenvalue weighted by Crippen LogP contribution is 2.31. The summed E-state index contributed by atoms with van der Waals surface area (Å²) in [5, 5.41) is 0. The SMILES string of the molecule is COc1ccc(-c2cc(-c3ccc(N4CCOCC4)nc3)cn3cncc23)cn1. The average Bonchev–Trinajstić information content (AvgIpc) is 3.28. The van der Waals surface area contributed by atoms with Crippen LogP contribution in [0.5, 0.6) is 5.88 Å². The summed E-state index contributed by atoms with van der Waals surface area (Å²) in [6.45, 7) is 3.25. The Hall–Kier alpha value is -3.45. The standard InChI is InChI=1S/C22H21N5O2/c1-28-22-5-3-17(12-25-22)19-10-18(14-27-15-23-13-20(19)27)16-2-4-21(24-11-16)26-6-8-29-9-7-26/h2-5,10-15H,6-9H2,1H3. The largest absolute Gasteiger partial charge is 0.481 e. The van der Waals surface area contributed by atoms with E-state index in [0.29, 0.717) is 5.88 Å². The van der Waals surface area contributed by atoms with Gasteiger partial charge in [0.15, 0.2) is 0 Å². The number of imidazole rings is 1. The molecular weight excluding hydrogens is 366 g/mol. The molecule has 0 radical (unpaired) electrons. The smallest absolute Gasteiger partial charge is 0.212 e. The third-order valence-electron chi connectivity index (χ3n) is 5.19. The van der Waals surface area contributed by atoms with E-state index in [1.165, 1.54) is 0 Å².